The summed E-state index contributed by atoms with van der Waals surface area (Å²) in [5.74, 6) is 0.117. The van der Waals surface area contributed by atoms with E-state index in [0.29, 0.717) is 31.7 Å². The molecule has 0 bridgehead atoms. The van der Waals surface area contributed by atoms with Crippen LogP contribution in [-0.4, -0.2) is 48.7 Å². The Kier molecular flexibility index (Phi) is 5.03. The monoisotopic (exact) mass is 293 g/mol. The van der Waals surface area contributed by atoms with Crippen molar-refractivity contribution >= 4 is 11.9 Å². The van der Waals surface area contributed by atoms with Crippen LogP contribution in [0.2, 0.25) is 0 Å². The Hall–Kier alpha value is -2.24. The normalized spacial score (nSPS) is 18.4. The van der Waals surface area contributed by atoms with Crippen molar-refractivity contribution in [1.82, 2.24) is 4.90 Å². The third-order valence-electron chi connectivity index (χ3n) is 3.54. The Morgan fingerprint density at radius 3 is 2.62 bits per heavy atom. The summed E-state index contributed by atoms with van der Waals surface area (Å²) in [7, 11) is 1.59. The molecule has 0 saturated carbocycles. The molecule has 1 aliphatic heterocycles. The molecule has 1 unspecified atom stereocenters. The highest BCUT2D eigenvalue weighted by Crippen LogP contribution is 2.19. The van der Waals surface area contributed by atoms with Crippen LogP contribution in [0.4, 0.5) is 0 Å². The van der Waals surface area contributed by atoms with Gasteiger partial charge in [0, 0.05) is 13.0 Å². The fraction of sp³-hybridized carbons (Fsp3) is 0.467. The van der Waals surface area contributed by atoms with Crippen LogP contribution in [0.1, 0.15) is 12.8 Å². The van der Waals surface area contributed by atoms with E-state index >= 15 is 0 Å². The number of nitrogens with zero attached hydrogens (tertiary/aromatic N) is 1. The summed E-state index contributed by atoms with van der Waals surface area (Å²) in [6.07, 6.45) is 0.712. The van der Waals surface area contributed by atoms with Gasteiger partial charge in [-0.25, -0.2) is 0 Å². The van der Waals surface area contributed by atoms with Gasteiger partial charge in [-0.05, 0) is 30.7 Å². The summed E-state index contributed by atoms with van der Waals surface area (Å²) in [5.41, 5.74) is 0. The summed E-state index contributed by atoms with van der Waals surface area (Å²) in [5, 5.41) is 9.01. The number of benzene rings is 1. The molecule has 1 saturated heterocycles. The molecule has 0 radical (unpaired) electrons. The fourth-order valence-corrected chi connectivity index (χ4v) is 2.28. The van der Waals surface area contributed by atoms with Gasteiger partial charge in [-0.2, -0.15) is 0 Å². The number of carbonyl (C=O) groups excluding carboxylic acids is 1. The number of hydrogen-bond acceptors (Lipinski definition) is 4. The molecule has 0 aliphatic carbocycles. The maximum absolute atomic E-state index is 11.7. The molecule has 1 heterocycles. The lowest BCUT2D eigenvalue weighted by Crippen LogP contribution is -2.44. The Morgan fingerprint density at radius 2 is 2.00 bits per heavy atom. The van der Waals surface area contributed by atoms with E-state index < -0.39 is 11.9 Å². The van der Waals surface area contributed by atoms with Crippen molar-refractivity contribution in [3.8, 4) is 11.5 Å². The van der Waals surface area contributed by atoms with Gasteiger partial charge in [-0.3, -0.25) is 9.59 Å². The Balaban J connectivity index is 1.81. The van der Waals surface area contributed by atoms with E-state index in [1.54, 1.807) is 36.3 Å². The standard InChI is InChI=1S/C15H19NO5/c1-20-12-3-5-13(6-4-12)21-9-8-16-10-11(15(18)19)2-7-14(16)17/h3-6,11H,2,7-10H2,1H3,(H,18,19). The van der Waals surface area contributed by atoms with E-state index in [0.717, 1.165) is 5.75 Å². The largest absolute Gasteiger partial charge is 0.497 e. The van der Waals surface area contributed by atoms with Crippen LogP contribution in [0.15, 0.2) is 24.3 Å². The zero-order valence-corrected chi connectivity index (χ0v) is 11.9. The van der Waals surface area contributed by atoms with Crippen molar-refractivity contribution in [2.24, 2.45) is 5.92 Å². The number of aliphatic carboxylic acids is 1. The van der Waals surface area contributed by atoms with Crippen molar-refractivity contribution in [2.45, 2.75) is 12.8 Å². The van der Waals surface area contributed by atoms with E-state index in [4.69, 9.17) is 14.6 Å². The third kappa shape index (κ3) is 4.11. The van der Waals surface area contributed by atoms with Crippen LogP contribution in [0.5, 0.6) is 11.5 Å². The molecular weight excluding hydrogens is 274 g/mol. The molecule has 6 heteroatoms. The number of methoxy groups -OCH3 is 1. The van der Waals surface area contributed by atoms with Crippen LogP contribution in [0.25, 0.3) is 0 Å². The minimum absolute atomic E-state index is 0.00849. The lowest BCUT2D eigenvalue weighted by Gasteiger charge is -2.30. The van der Waals surface area contributed by atoms with Gasteiger partial charge in [0.05, 0.1) is 19.6 Å². The molecule has 114 valence electrons. The van der Waals surface area contributed by atoms with Crippen LogP contribution in [-0.2, 0) is 9.59 Å². The van der Waals surface area contributed by atoms with Gasteiger partial charge in [0.1, 0.15) is 18.1 Å². The Bertz CT molecular complexity index is 499. The zero-order valence-electron chi connectivity index (χ0n) is 11.9. The first-order valence-corrected chi connectivity index (χ1v) is 6.87. The third-order valence-corrected chi connectivity index (χ3v) is 3.54. The van der Waals surface area contributed by atoms with E-state index in [9.17, 15) is 9.59 Å². The van der Waals surface area contributed by atoms with Gasteiger partial charge in [0.2, 0.25) is 5.91 Å². The average molecular weight is 293 g/mol. The second-order valence-electron chi connectivity index (χ2n) is 4.94. The topological polar surface area (TPSA) is 76.1 Å². The molecule has 21 heavy (non-hydrogen) atoms. The molecule has 1 atom stereocenters. The van der Waals surface area contributed by atoms with Crippen molar-refractivity contribution in [3.05, 3.63) is 24.3 Å². The van der Waals surface area contributed by atoms with Crippen LogP contribution < -0.4 is 9.47 Å². The molecule has 6 nitrogen and oxygen atoms in total. The average Bonchev–Trinajstić information content (AvgIpc) is 2.49. The van der Waals surface area contributed by atoms with Crippen molar-refractivity contribution in [1.29, 1.82) is 0 Å². The second kappa shape index (κ2) is 6.97. The van der Waals surface area contributed by atoms with Gasteiger partial charge >= 0.3 is 5.97 Å². The van der Waals surface area contributed by atoms with Gasteiger partial charge in [-0.15, -0.1) is 0 Å². The van der Waals surface area contributed by atoms with Crippen LogP contribution in [0, 0.1) is 5.92 Å². The van der Waals surface area contributed by atoms with Crippen LogP contribution in [0.3, 0.4) is 0 Å². The smallest absolute Gasteiger partial charge is 0.308 e. The number of rotatable bonds is 6. The van der Waals surface area contributed by atoms with Crippen LogP contribution >= 0.6 is 0 Å². The summed E-state index contributed by atoms with van der Waals surface area (Å²) in [4.78, 5) is 24.3. The number of carboxylic acids is 1. The van der Waals surface area contributed by atoms with Gasteiger partial charge in [0.25, 0.3) is 0 Å². The minimum Gasteiger partial charge on any atom is -0.497 e. The molecular formula is C15H19NO5. The van der Waals surface area contributed by atoms with E-state index in [1.807, 2.05) is 0 Å². The lowest BCUT2D eigenvalue weighted by molar-refractivity contribution is -0.147. The predicted molar refractivity (Wildman–Crippen MR) is 75.4 cm³/mol. The summed E-state index contributed by atoms with van der Waals surface area (Å²) >= 11 is 0. The molecule has 1 aromatic carbocycles. The molecule has 0 aromatic heterocycles. The Labute approximate surface area is 123 Å². The first-order valence-electron chi connectivity index (χ1n) is 6.87. The van der Waals surface area contributed by atoms with E-state index in [2.05, 4.69) is 0 Å². The molecule has 2 rings (SSSR count). The lowest BCUT2D eigenvalue weighted by atomic mass is 9.98. The first-order chi connectivity index (χ1) is 10.1. The zero-order chi connectivity index (χ0) is 15.2. The summed E-state index contributed by atoms with van der Waals surface area (Å²) in [6, 6.07) is 7.16. The maximum Gasteiger partial charge on any atom is 0.308 e. The van der Waals surface area contributed by atoms with Crippen molar-refractivity contribution < 1.29 is 24.2 Å². The SMILES string of the molecule is COc1ccc(OCCN2CC(C(=O)O)CCC2=O)cc1. The molecule has 1 aromatic rings. The second-order valence-corrected chi connectivity index (χ2v) is 4.94. The minimum atomic E-state index is -0.844. The number of likely N-dealkylation sites (tertiary alicyclic amines) is 1. The van der Waals surface area contributed by atoms with Gasteiger partial charge < -0.3 is 19.5 Å². The van der Waals surface area contributed by atoms with E-state index in [-0.39, 0.29) is 12.5 Å². The van der Waals surface area contributed by atoms with Crippen molar-refractivity contribution in [3.63, 3.8) is 0 Å². The molecule has 1 N–H and O–H groups in total. The van der Waals surface area contributed by atoms with Gasteiger partial charge in [-0.1, -0.05) is 0 Å². The number of amides is 1. The first kappa shape index (κ1) is 15.2. The van der Waals surface area contributed by atoms with E-state index in [1.165, 1.54) is 0 Å². The highest BCUT2D eigenvalue weighted by atomic mass is 16.5. The molecule has 1 fully saturated rings. The number of ether oxygens (including phenoxy) is 2. The summed E-state index contributed by atoms with van der Waals surface area (Å²) in [6.45, 7) is 0.999. The Morgan fingerprint density at radius 1 is 1.33 bits per heavy atom. The summed E-state index contributed by atoms with van der Waals surface area (Å²) < 4.78 is 10.6. The maximum atomic E-state index is 11.7. The molecule has 0 spiro atoms. The number of hydrogen-bond donors (Lipinski definition) is 1. The predicted octanol–water partition coefficient (Wildman–Crippen LogP) is 1.40. The number of carboxylic acid groups (broad SMARTS) is 1. The van der Waals surface area contributed by atoms with Crippen molar-refractivity contribution in [2.75, 3.05) is 26.8 Å². The molecule has 1 aliphatic rings. The number of carbonyl (C=O) groups is 2. The van der Waals surface area contributed by atoms with Gasteiger partial charge in [0.15, 0.2) is 0 Å². The quantitative estimate of drug-likeness (QED) is 0.858. The number of piperidine rings is 1. The fourth-order valence-electron chi connectivity index (χ4n) is 2.28. The highest BCUT2D eigenvalue weighted by Gasteiger charge is 2.29. The molecule has 1 amide bonds. The highest BCUT2D eigenvalue weighted by molar-refractivity contribution is 5.80.